The molecule has 2 atom stereocenters. The SMILES string of the molecule is CCC(C)SC(=S)NCCCCS(C)=O. The molecular weight excluding hydrogens is 246 g/mol. The van der Waals surface area contributed by atoms with Crippen LogP contribution in [0.5, 0.6) is 0 Å². The van der Waals surface area contributed by atoms with E-state index in [0.29, 0.717) is 5.25 Å². The second kappa shape index (κ2) is 9.60. The van der Waals surface area contributed by atoms with Gasteiger partial charge >= 0.3 is 0 Å². The van der Waals surface area contributed by atoms with Gasteiger partial charge in [0.05, 0.1) is 0 Å². The first-order valence-corrected chi connectivity index (χ1v) is 8.32. The highest BCUT2D eigenvalue weighted by Crippen LogP contribution is 2.14. The van der Waals surface area contributed by atoms with Crippen LogP contribution in [0, 0.1) is 0 Å². The number of thioether (sulfide) groups is 1. The molecular formula is C10H21NOS3. The van der Waals surface area contributed by atoms with Crippen LogP contribution in [0.4, 0.5) is 0 Å². The molecule has 90 valence electrons. The van der Waals surface area contributed by atoms with E-state index >= 15 is 0 Å². The molecule has 0 bridgehead atoms. The lowest BCUT2D eigenvalue weighted by Gasteiger charge is -2.10. The Morgan fingerprint density at radius 3 is 2.73 bits per heavy atom. The Kier molecular flexibility index (Phi) is 9.85. The van der Waals surface area contributed by atoms with Crippen LogP contribution >= 0.6 is 24.0 Å². The van der Waals surface area contributed by atoms with E-state index in [1.165, 1.54) is 0 Å². The normalized spacial score (nSPS) is 14.6. The lowest BCUT2D eigenvalue weighted by molar-refractivity contribution is 0.680. The van der Waals surface area contributed by atoms with Crippen molar-refractivity contribution in [3.8, 4) is 0 Å². The van der Waals surface area contributed by atoms with Gasteiger partial charge in [0.1, 0.15) is 4.32 Å². The number of thiocarbonyl (C=S) groups is 1. The van der Waals surface area contributed by atoms with Crippen LogP contribution in [0.25, 0.3) is 0 Å². The van der Waals surface area contributed by atoms with E-state index in [9.17, 15) is 4.21 Å². The maximum Gasteiger partial charge on any atom is 0.134 e. The van der Waals surface area contributed by atoms with Crippen molar-refractivity contribution in [1.82, 2.24) is 5.32 Å². The number of unbranched alkanes of at least 4 members (excludes halogenated alkanes) is 1. The van der Waals surface area contributed by atoms with Gasteiger partial charge in [-0.3, -0.25) is 4.21 Å². The molecule has 0 radical (unpaired) electrons. The first kappa shape index (κ1) is 15.4. The molecule has 0 saturated carbocycles. The molecule has 0 rings (SSSR count). The van der Waals surface area contributed by atoms with Crippen molar-refractivity contribution in [2.45, 2.75) is 38.4 Å². The van der Waals surface area contributed by atoms with E-state index in [4.69, 9.17) is 12.2 Å². The summed E-state index contributed by atoms with van der Waals surface area (Å²) in [5, 5.41) is 3.81. The molecule has 0 fully saturated rings. The highest BCUT2D eigenvalue weighted by atomic mass is 32.2. The fraction of sp³-hybridized carbons (Fsp3) is 0.900. The van der Waals surface area contributed by atoms with Crippen molar-refractivity contribution in [2.24, 2.45) is 0 Å². The second-order valence-corrected chi connectivity index (χ2v) is 7.21. The summed E-state index contributed by atoms with van der Waals surface area (Å²) in [7, 11) is -0.656. The third kappa shape index (κ3) is 10.7. The van der Waals surface area contributed by atoms with Crippen molar-refractivity contribution in [2.75, 3.05) is 18.6 Å². The Labute approximate surface area is 105 Å². The van der Waals surface area contributed by atoms with Crippen molar-refractivity contribution < 1.29 is 4.21 Å². The van der Waals surface area contributed by atoms with Gasteiger partial charge in [0.25, 0.3) is 0 Å². The predicted octanol–water partition coefficient (Wildman–Crippen LogP) is 2.55. The van der Waals surface area contributed by atoms with Gasteiger partial charge in [-0.25, -0.2) is 0 Å². The zero-order chi connectivity index (χ0) is 11.7. The number of rotatable bonds is 7. The third-order valence-electron chi connectivity index (χ3n) is 2.01. The van der Waals surface area contributed by atoms with Crippen molar-refractivity contribution in [3.05, 3.63) is 0 Å². The van der Waals surface area contributed by atoms with Crippen LogP contribution in [0.3, 0.4) is 0 Å². The van der Waals surface area contributed by atoms with E-state index in [1.807, 2.05) is 0 Å². The zero-order valence-corrected chi connectivity index (χ0v) is 12.2. The highest BCUT2D eigenvalue weighted by Gasteiger charge is 2.03. The Morgan fingerprint density at radius 1 is 1.53 bits per heavy atom. The molecule has 0 aliphatic heterocycles. The average Bonchev–Trinajstić information content (AvgIpc) is 2.16. The summed E-state index contributed by atoms with van der Waals surface area (Å²) in [6, 6.07) is 0. The van der Waals surface area contributed by atoms with Crippen LogP contribution in [-0.2, 0) is 10.8 Å². The molecule has 0 aliphatic carbocycles. The van der Waals surface area contributed by atoms with Crippen LogP contribution in [-0.4, -0.2) is 32.3 Å². The standard InChI is InChI=1S/C10H21NOS3/c1-4-9(2)14-10(13)11-7-5-6-8-15(3)12/h9H,4-8H2,1-3H3,(H,11,13). The molecule has 0 heterocycles. The van der Waals surface area contributed by atoms with Crippen molar-refractivity contribution >= 4 is 39.1 Å². The highest BCUT2D eigenvalue weighted by molar-refractivity contribution is 8.23. The van der Waals surface area contributed by atoms with E-state index in [2.05, 4.69) is 19.2 Å². The third-order valence-corrected chi connectivity index (χ3v) is 4.40. The fourth-order valence-corrected chi connectivity index (χ4v) is 2.85. The van der Waals surface area contributed by atoms with Crippen molar-refractivity contribution in [3.63, 3.8) is 0 Å². The zero-order valence-electron chi connectivity index (χ0n) is 9.75. The van der Waals surface area contributed by atoms with Gasteiger partial charge in [0.15, 0.2) is 0 Å². The largest absolute Gasteiger partial charge is 0.371 e. The molecule has 0 aromatic heterocycles. The van der Waals surface area contributed by atoms with Gasteiger partial charge in [0, 0.05) is 34.6 Å². The topological polar surface area (TPSA) is 29.1 Å². The van der Waals surface area contributed by atoms with Gasteiger partial charge in [-0.05, 0) is 19.3 Å². The van der Waals surface area contributed by atoms with Crippen LogP contribution in [0.2, 0.25) is 0 Å². The number of hydrogen-bond donors (Lipinski definition) is 1. The predicted molar refractivity (Wildman–Crippen MR) is 76.1 cm³/mol. The summed E-state index contributed by atoms with van der Waals surface area (Å²) in [6.45, 7) is 5.25. The molecule has 15 heavy (non-hydrogen) atoms. The molecule has 2 unspecified atom stereocenters. The van der Waals surface area contributed by atoms with Crippen molar-refractivity contribution in [1.29, 1.82) is 0 Å². The maximum absolute atomic E-state index is 10.8. The summed E-state index contributed by atoms with van der Waals surface area (Å²) < 4.78 is 11.7. The van der Waals surface area contributed by atoms with Gasteiger partial charge in [0.2, 0.25) is 0 Å². The Hall–Kier alpha value is 0.390. The first-order valence-electron chi connectivity index (χ1n) is 5.30. The quantitative estimate of drug-likeness (QED) is 0.567. The number of hydrogen-bond acceptors (Lipinski definition) is 3. The number of nitrogens with one attached hydrogen (secondary N) is 1. The van der Waals surface area contributed by atoms with Gasteiger partial charge in [-0.2, -0.15) is 0 Å². The lowest BCUT2D eigenvalue weighted by Crippen LogP contribution is -2.21. The van der Waals surface area contributed by atoms with Gasteiger partial charge in [-0.15, -0.1) is 0 Å². The van der Waals surface area contributed by atoms with Gasteiger partial charge < -0.3 is 5.32 Å². The molecule has 2 nitrogen and oxygen atoms in total. The molecule has 0 aromatic carbocycles. The Morgan fingerprint density at radius 2 is 2.20 bits per heavy atom. The van der Waals surface area contributed by atoms with Crippen LogP contribution in [0.15, 0.2) is 0 Å². The molecule has 0 spiro atoms. The molecule has 0 amide bonds. The second-order valence-electron chi connectivity index (χ2n) is 3.54. The van der Waals surface area contributed by atoms with Crippen LogP contribution in [0.1, 0.15) is 33.1 Å². The Bertz CT molecular complexity index is 209. The van der Waals surface area contributed by atoms with E-state index in [1.54, 1.807) is 18.0 Å². The minimum Gasteiger partial charge on any atom is -0.371 e. The summed E-state index contributed by atoms with van der Waals surface area (Å²) in [5.74, 6) is 0.799. The monoisotopic (exact) mass is 267 g/mol. The molecule has 0 aliphatic rings. The minimum atomic E-state index is -0.656. The average molecular weight is 267 g/mol. The minimum absolute atomic E-state index is 0.591. The first-order chi connectivity index (χ1) is 7.06. The van der Waals surface area contributed by atoms with E-state index in [-0.39, 0.29) is 0 Å². The summed E-state index contributed by atoms with van der Waals surface area (Å²) in [6.07, 6.45) is 4.94. The smallest absolute Gasteiger partial charge is 0.134 e. The van der Waals surface area contributed by atoms with E-state index in [0.717, 1.165) is 35.9 Å². The van der Waals surface area contributed by atoms with E-state index < -0.39 is 10.8 Å². The fourth-order valence-electron chi connectivity index (χ4n) is 0.929. The summed E-state index contributed by atoms with van der Waals surface area (Å²) >= 11 is 6.91. The molecule has 0 aromatic rings. The summed E-state index contributed by atoms with van der Waals surface area (Å²) in [4.78, 5) is 0. The molecule has 0 saturated heterocycles. The molecule has 1 N–H and O–H groups in total. The van der Waals surface area contributed by atoms with Gasteiger partial charge in [-0.1, -0.05) is 37.8 Å². The summed E-state index contributed by atoms with van der Waals surface area (Å²) in [5.41, 5.74) is 0. The lowest BCUT2D eigenvalue weighted by atomic mass is 10.3. The maximum atomic E-state index is 10.8. The molecule has 5 heteroatoms. The van der Waals surface area contributed by atoms with Crippen LogP contribution < -0.4 is 5.32 Å². The Balaban J connectivity index is 3.35.